The molecule has 1 heterocycles. The summed E-state index contributed by atoms with van der Waals surface area (Å²) in [5.41, 5.74) is 3.81. The summed E-state index contributed by atoms with van der Waals surface area (Å²) in [5.74, 6) is 8.05. The number of hydrogen-bond acceptors (Lipinski definition) is 6. The molecule has 12 atom stereocenters. The zero-order valence-corrected chi connectivity index (χ0v) is 31.2. The van der Waals surface area contributed by atoms with Gasteiger partial charge in [-0.05, 0) is 148 Å². The van der Waals surface area contributed by atoms with Crippen molar-refractivity contribution in [2.75, 3.05) is 0 Å². The molecular formula is C44H59NO5. The first-order valence-corrected chi connectivity index (χ1v) is 20.1. The molecule has 0 radical (unpaired) electrons. The van der Waals surface area contributed by atoms with Crippen molar-refractivity contribution >= 4 is 17.8 Å². The summed E-state index contributed by atoms with van der Waals surface area (Å²) in [6.07, 6.45) is 28.7. The number of carbonyl (C=O) groups excluding carboxylic acids is 2. The molecule has 8 aliphatic carbocycles. The third kappa shape index (κ3) is 4.87. The van der Waals surface area contributed by atoms with E-state index in [1.54, 1.807) is 5.57 Å². The quantitative estimate of drug-likeness (QED) is 0.248. The molecule has 0 saturated heterocycles. The van der Waals surface area contributed by atoms with Crippen LogP contribution in [0.1, 0.15) is 142 Å². The van der Waals surface area contributed by atoms with Crippen LogP contribution in [0.5, 0.6) is 0 Å². The highest BCUT2D eigenvalue weighted by atomic mass is 16.5. The Hall–Kier alpha value is -2.65. The maximum Gasteiger partial charge on any atom is 0.305 e. The fraction of sp³-hybridized carbons (Fsp3) is 0.750. The van der Waals surface area contributed by atoms with Crippen LogP contribution in [0.25, 0.3) is 6.08 Å². The number of nitrogens with zero attached hydrogens (tertiary/aromatic N) is 1. The average Bonchev–Trinajstić information content (AvgIpc) is 3.77. The zero-order chi connectivity index (χ0) is 35.3. The lowest BCUT2D eigenvalue weighted by molar-refractivity contribution is -0.159. The number of aromatic nitrogens is 1. The second-order valence-corrected chi connectivity index (χ2v) is 18.8. The van der Waals surface area contributed by atoms with Crippen LogP contribution in [0.15, 0.2) is 27.9 Å². The van der Waals surface area contributed by atoms with E-state index in [0.29, 0.717) is 41.8 Å². The topological polar surface area (TPSA) is 89.6 Å². The number of hydrogen-bond donors (Lipinski definition) is 1. The fourth-order valence-corrected chi connectivity index (χ4v) is 14.1. The van der Waals surface area contributed by atoms with Crippen LogP contribution in [-0.4, -0.2) is 33.7 Å². The monoisotopic (exact) mass is 681 g/mol. The van der Waals surface area contributed by atoms with Gasteiger partial charge >= 0.3 is 5.97 Å². The summed E-state index contributed by atoms with van der Waals surface area (Å²) < 4.78 is 11.3. The summed E-state index contributed by atoms with van der Waals surface area (Å²) in [6.45, 7) is 11.4. The number of esters is 1. The molecule has 0 unspecified atom stereocenters. The van der Waals surface area contributed by atoms with Crippen LogP contribution in [0.2, 0.25) is 0 Å². The minimum absolute atomic E-state index is 0.0411. The van der Waals surface area contributed by atoms with Gasteiger partial charge in [0.15, 0.2) is 11.5 Å². The van der Waals surface area contributed by atoms with Crippen molar-refractivity contribution in [2.45, 2.75) is 149 Å². The van der Waals surface area contributed by atoms with Crippen molar-refractivity contribution in [3.05, 3.63) is 34.7 Å². The predicted molar refractivity (Wildman–Crippen MR) is 193 cm³/mol. The third-order valence-corrected chi connectivity index (χ3v) is 17.1. The molecule has 9 rings (SSSR count). The molecule has 6 saturated carbocycles. The highest BCUT2D eigenvalue weighted by Gasteiger charge is 2.64. The van der Waals surface area contributed by atoms with Crippen molar-refractivity contribution < 1.29 is 24.0 Å². The highest BCUT2D eigenvalue weighted by molar-refractivity contribution is 5.91. The van der Waals surface area contributed by atoms with Crippen LogP contribution >= 0.6 is 0 Å². The van der Waals surface area contributed by atoms with Crippen LogP contribution in [0.3, 0.4) is 0 Å². The summed E-state index contributed by atoms with van der Waals surface area (Å²) in [6, 6.07) is 0. The minimum atomic E-state index is -0.909. The van der Waals surface area contributed by atoms with Crippen LogP contribution < -0.4 is 0 Å². The van der Waals surface area contributed by atoms with Crippen molar-refractivity contribution in [3.8, 4) is 12.3 Å². The first-order valence-electron chi connectivity index (χ1n) is 20.1. The molecule has 0 aromatic carbocycles. The Balaban J connectivity index is 0.000000144. The van der Waals surface area contributed by atoms with Gasteiger partial charge in [-0.15, -0.1) is 6.42 Å². The maximum atomic E-state index is 11.9. The molecule has 6 fully saturated rings. The number of aliphatic hydroxyl groups is 1. The van der Waals surface area contributed by atoms with Gasteiger partial charge < -0.3 is 14.4 Å². The van der Waals surface area contributed by atoms with Gasteiger partial charge in [0.05, 0.1) is 6.20 Å². The third-order valence-electron chi connectivity index (χ3n) is 17.1. The van der Waals surface area contributed by atoms with Gasteiger partial charge in [0.1, 0.15) is 11.7 Å². The molecule has 50 heavy (non-hydrogen) atoms. The van der Waals surface area contributed by atoms with E-state index in [4.69, 9.17) is 15.7 Å². The van der Waals surface area contributed by atoms with E-state index in [0.717, 1.165) is 82.3 Å². The molecule has 0 bridgehead atoms. The number of ketones is 1. The molecule has 1 N–H and O–H groups in total. The van der Waals surface area contributed by atoms with Gasteiger partial charge in [-0.2, -0.15) is 0 Å². The molecule has 0 amide bonds. The lowest BCUT2D eigenvalue weighted by atomic mass is 9.46. The van der Waals surface area contributed by atoms with E-state index < -0.39 is 5.60 Å². The fourth-order valence-electron chi connectivity index (χ4n) is 14.1. The molecule has 1 aromatic rings. The molecule has 6 nitrogen and oxygen atoms in total. The number of rotatable bonds is 2. The Bertz CT molecular complexity index is 1660. The number of ether oxygens (including phenoxy) is 1. The number of terminal acetylenes is 1. The van der Waals surface area contributed by atoms with Crippen molar-refractivity contribution in [3.63, 3.8) is 0 Å². The van der Waals surface area contributed by atoms with Crippen LogP contribution in [-0.2, 0) is 20.7 Å². The summed E-state index contributed by atoms with van der Waals surface area (Å²) in [4.78, 5) is 23.8. The number of allylic oxidation sites excluding steroid dienone is 2. The Kier molecular flexibility index (Phi) is 8.22. The lowest BCUT2D eigenvalue weighted by Crippen LogP contribution is -2.54. The van der Waals surface area contributed by atoms with E-state index in [1.165, 1.54) is 36.8 Å². The van der Waals surface area contributed by atoms with E-state index in [-0.39, 0.29) is 33.7 Å². The Labute approximate surface area is 299 Å². The second kappa shape index (κ2) is 11.9. The molecule has 1 aromatic heterocycles. The van der Waals surface area contributed by atoms with Gasteiger partial charge in [-0.3, -0.25) is 9.59 Å². The zero-order valence-electron chi connectivity index (χ0n) is 31.2. The van der Waals surface area contributed by atoms with E-state index in [2.05, 4.69) is 44.8 Å². The standard InChI is InChI=1S/C22H27NO2.C22H32O3/c1-4-22(24)10-8-18-16-6-5-15-11-19-14(13-23-25-19)12-20(15,2)17(16)7-9-21(18,22)3;1-4-20(24)25-19-8-7-17-16-6-5-14-13-15(23)9-11-21(14,2)18(16)10-12-22(17,19)3/h1,11,13,16-18,24H,5-10,12H2,2-3H3;13,16-19H,4-12H2,1-3H3/t16-,17+,18+,20+,21+,22+;16-,17-,18-,19-,21-,22-/m10/s1. The first-order chi connectivity index (χ1) is 23.8. The minimum Gasteiger partial charge on any atom is -0.462 e. The van der Waals surface area contributed by atoms with Crippen molar-refractivity contribution in [1.29, 1.82) is 0 Å². The normalized spacial score (nSPS) is 46.8. The highest BCUT2D eigenvalue weighted by Crippen LogP contribution is 2.68. The molecule has 0 spiro atoms. The molecule has 0 aliphatic heterocycles. The summed E-state index contributed by atoms with van der Waals surface area (Å²) in [7, 11) is 0. The first kappa shape index (κ1) is 34.4. The lowest BCUT2D eigenvalue weighted by Gasteiger charge is -2.58. The van der Waals surface area contributed by atoms with Crippen LogP contribution in [0, 0.1) is 69.5 Å². The van der Waals surface area contributed by atoms with Gasteiger partial charge in [-0.25, -0.2) is 0 Å². The summed E-state index contributed by atoms with van der Waals surface area (Å²) >= 11 is 0. The number of fused-ring (bicyclic) bond motifs is 11. The van der Waals surface area contributed by atoms with Crippen molar-refractivity contribution in [1.82, 2.24) is 5.16 Å². The second-order valence-electron chi connectivity index (χ2n) is 18.8. The van der Waals surface area contributed by atoms with Crippen molar-refractivity contribution in [2.24, 2.45) is 57.2 Å². The van der Waals surface area contributed by atoms with Gasteiger partial charge in [-0.1, -0.05) is 56.8 Å². The predicted octanol–water partition coefficient (Wildman–Crippen LogP) is 9.06. The maximum absolute atomic E-state index is 11.9. The van der Waals surface area contributed by atoms with Gasteiger partial charge in [0, 0.05) is 29.2 Å². The Morgan fingerprint density at radius 2 is 1.56 bits per heavy atom. The van der Waals surface area contributed by atoms with E-state index >= 15 is 0 Å². The van der Waals surface area contributed by atoms with E-state index in [1.807, 2.05) is 19.2 Å². The SMILES string of the molecule is C#C[C@]1(O)CC[C@H]2[C@@H]3CCC4=Cc5oncc5C[C@]4(C)[C@H]3CC[C@@]21C.CCC(=O)O[C@H]1CC[C@H]2[C@@H]3CCC4=CC(=O)CC[C@]4(C)[C@H]3CC[C@]12C. The van der Waals surface area contributed by atoms with E-state index in [9.17, 15) is 14.7 Å². The Morgan fingerprint density at radius 3 is 2.30 bits per heavy atom. The van der Waals surface area contributed by atoms with Gasteiger partial charge in [0.25, 0.3) is 0 Å². The smallest absolute Gasteiger partial charge is 0.305 e. The molecule has 8 aliphatic rings. The number of carbonyl (C=O) groups is 2. The largest absolute Gasteiger partial charge is 0.462 e. The molecular weight excluding hydrogens is 622 g/mol. The molecule has 270 valence electrons. The van der Waals surface area contributed by atoms with Gasteiger partial charge in [0.2, 0.25) is 0 Å². The molecule has 6 heteroatoms. The summed E-state index contributed by atoms with van der Waals surface area (Å²) in [5, 5.41) is 15.1. The average molecular weight is 682 g/mol. The van der Waals surface area contributed by atoms with Crippen LogP contribution in [0.4, 0.5) is 0 Å². The Morgan fingerprint density at radius 1 is 0.880 bits per heavy atom.